The standard InChI is InChI=1S/C17H30N2OS/c1-6-14-12(8-9-20-14)13(18-7-2)10-16-19-15(11-21-16)17(3,4)5/h11-14,18H,6-10H2,1-5H3. The molecule has 0 aliphatic carbocycles. The zero-order valence-electron chi connectivity index (χ0n) is 14.1. The predicted molar refractivity (Wildman–Crippen MR) is 90.1 cm³/mol. The largest absolute Gasteiger partial charge is 0.378 e. The summed E-state index contributed by atoms with van der Waals surface area (Å²) in [4.78, 5) is 4.86. The van der Waals surface area contributed by atoms with Gasteiger partial charge in [0, 0.05) is 35.8 Å². The van der Waals surface area contributed by atoms with Crippen LogP contribution in [0, 0.1) is 5.92 Å². The van der Waals surface area contributed by atoms with E-state index in [1.54, 1.807) is 11.3 Å². The molecule has 120 valence electrons. The van der Waals surface area contributed by atoms with Crippen molar-refractivity contribution < 1.29 is 4.74 Å². The van der Waals surface area contributed by atoms with Gasteiger partial charge in [-0.2, -0.15) is 0 Å². The van der Waals surface area contributed by atoms with E-state index in [0.29, 0.717) is 18.1 Å². The molecule has 0 saturated carbocycles. The van der Waals surface area contributed by atoms with Crippen LogP contribution in [0.3, 0.4) is 0 Å². The summed E-state index contributed by atoms with van der Waals surface area (Å²) in [7, 11) is 0. The summed E-state index contributed by atoms with van der Waals surface area (Å²) in [6.45, 7) is 13.0. The summed E-state index contributed by atoms with van der Waals surface area (Å²) in [5.74, 6) is 0.622. The van der Waals surface area contributed by atoms with Crippen LogP contribution in [-0.4, -0.2) is 30.3 Å². The Labute approximate surface area is 133 Å². The molecular formula is C17H30N2OS. The highest BCUT2D eigenvalue weighted by Crippen LogP contribution is 2.30. The third-order valence-corrected chi connectivity index (χ3v) is 5.23. The van der Waals surface area contributed by atoms with E-state index in [0.717, 1.165) is 26.0 Å². The van der Waals surface area contributed by atoms with Crippen molar-refractivity contribution in [3.63, 3.8) is 0 Å². The minimum Gasteiger partial charge on any atom is -0.378 e. The fraction of sp³-hybridized carbons (Fsp3) is 0.824. The molecule has 3 nitrogen and oxygen atoms in total. The van der Waals surface area contributed by atoms with E-state index < -0.39 is 0 Å². The summed E-state index contributed by atoms with van der Waals surface area (Å²) in [5.41, 5.74) is 1.36. The van der Waals surface area contributed by atoms with E-state index in [4.69, 9.17) is 9.72 Å². The van der Waals surface area contributed by atoms with Crippen molar-refractivity contribution in [2.75, 3.05) is 13.2 Å². The summed E-state index contributed by atoms with van der Waals surface area (Å²) in [6.07, 6.45) is 3.72. The topological polar surface area (TPSA) is 34.2 Å². The number of aromatic nitrogens is 1. The van der Waals surface area contributed by atoms with Crippen LogP contribution in [0.25, 0.3) is 0 Å². The summed E-state index contributed by atoms with van der Waals surface area (Å²) in [5, 5.41) is 7.15. The van der Waals surface area contributed by atoms with E-state index in [9.17, 15) is 0 Å². The molecule has 3 atom stereocenters. The summed E-state index contributed by atoms with van der Waals surface area (Å²) in [6, 6.07) is 0.487. The first-order chi connectivity index (χ1) is 9.95. The molecular weight excluding hydrogens is 280 g/mol. The van der Waals surface area contributed by atoms with Gasteiger partial charge in [0.05, 0.1) is 16.8 Å². The average molecular weight is 311 g/mol. The number of ether oxygens (including phenoxy) is 1. The first-order valence-electron chi connectivity index (χ1n) is 8.25. The van der Waals surface area contributed by atoms with Gasteiger partial charge in [0.1, 0.15) is 0 Å². The predicted octanol–water partition coefficient (Wildman–Crippen LogP) is 3.78. The van der Waals surface area contributed by atoms with Crippen LogP contribution in [0.2, 0.25) is 0 Å². The van der Waals surface area contributed by atoms with Crippen LogP contribution in [0.5, 0.6) is 0 Å². The first kappa shape index (κ1) is 16.9. The first-order valence-corrected chi connectivity index (χ1v) is 9.13. The zero-order valence-corrected chi connectivity index (χ0v) is 14.9. The molecule has 0 radical (unpaired) electrons. The van der Waals surface area contributed by atoms with Crippen molar-refractivity contribution in [1.29, 1.82) is 0 Å². The number of thiazole rings is 1. The number of likely N-dealkylation sites (N-methyl/N-ethyl adjacent to an activating group) is 1. The molecule has 3 unspecified atom stereocenters. The van der Waals surface area contributed by atoms with Crippen LogP contribution < -0.4 is 5.32 Å². The monoisotopic (exact) mass is 310 g/mol. The second-order valence-electron chi connectivity index (χ2n) is 7.01. The minimum atomic E-state index is 0.144. The average Bonchev–Trinajstić information content (AvgIpc) is 3.05. The van der Waals surface area contributed by atoms with Crippen molar-refractivity contribution in [2.45, 2.75) is 71.4 Å². The highest BCUT2D eigenvalue weighted by Gasteiger charge is 2.33. The second-order valence-corrected chi connectivity index (χ2v) is 7.96. The zero-order chi connectivity index (χ0) is 15.5. The Morgan fingerprint density at radius 2 is 2.19 bits per heavy atom. The molecule has 0 bridgehead atoms. The van der Waals surface area contributed by atoms with E-state index in [1.165, 1.54) is 17.1 Å². The Morgan fingerprint density at radius 1 is 1.43 bits per heavy atom. The molecule has 4 heteroatoms. The number of nitrogens with zero attached hydrogens (tertiary/aromatic N) is 1. The lowest BCUT2D eigenvalue weighted by Crippen LogP contribution is -2.41. The smallest absolute Gasteiger partial charge is 0.0944 e. The van der Waals surface area contributed by atoms with Gasteiger partial charge >= 0.3 is 0 Å². The van der Waals surface area contributed by atoms with Crippen LogP contribution in [-0.2, 0) is 16.6 Å². The van der Waals surface area contributed by atoms with Gasteiger partial charge in [-0.25, -0.2) is 4.98 Å². The molecule has 0 aromatic carbocycles. The Balaban J connectivity index is 2.07. The van der Waals surface area contributed by atoms with Crippen LogP contribution in [0.1, 0.15) is 58.2 Å². The molecule has 1 aromatic heterocycles. The Bertz CT molecular complexity index is 438. The van der Waals surface area contributed by atoms with E-state index in [-0.39, 0.29) is 5.41 Å². The van der Waals surface area contributed by atoms with Gasteiger partial charge in [0.15, 0.2) is 0 Å². The lowest BCUT2D eigenvalue weighted by atomic mass is 9.89. The lowest BCUT2D eigenvalue weighted by molar-refractivity contribution is 0.0776. The SMILES string of the molecule is CCNC(Cc1nc(C(C)(C)C)cs1)C1CCOC1CC. The van der Waals surface area contributed by atoms with Crippen molar-refractivity contribution in [3.8, 4) is 0 Å². The van der Waals surface area contributed by atoms with E-state index in [2.05, 4.69) is 45.3 Å². The van der Waals surface area contributed by atoms with Gasteiger partial charge in [-0.3, -0.25) is 0 Å². The number of nitrogens with one attached hydrogen (secondary N) is 1. The van der Waals surface area contributed by atoms with E-state index in [1.807, 2.05) is 0 Å². The molecule has 21 heavy (non-hydrogen) atoms. The maximum absolute atomic E-state index is 5.88. The number of hydrogen-bond acceptors (Lipinski definition) is 4. The quantitative estimate of drug-likeness (QED) is 0.868. The van der Waals surface area contributed by atoms with Crippen molar-refractivity contribution in [3.05, 3.63) is 16.1 Å². The van der Waals surface area contributed by atoms with Gasteiger partial charge in [0.25, 0.3) is 0 Å². The van der Waals surface area contributed by atoms with Gasteiger partial charge in [-0.1, -0.05) is 34.6 Å². The Morgan fingerprint density at radius 3 is 2.76 bits per heavy atom. The molecule has 0 spiro atoms. The van der Waals surface area contributed by atoms with Crippen molar-refractivity contribution in [2.24, 2.45) is 5.92 Å². The van der Waals surface area contributed by atoms with Gasteiger partial charge in [0.2, 0.25) is 0 Å². The maximum Gasteiger partial charge on any atom is 0.0944 e. The minimum absolute atomic E-state index is 0.144. The summed E-state index contributed by atoms with van der Waals surface area (Å²) >= 11 is 1.81. The van der Waals surface area contributed by atoms with Crippen LogP contribution in [0.15, 0.2) is 5.38 Å². The van der Waals surface area contributed by atoms with Crippen LogP contribution >= 0.6 is 11.3 Å². The Kier molecular flexibility index (Phi) is 5.81. The molecule has 2 heterocycles. The molecule has 1 saturated heterocycles. The van der Waals surface area contributed by atoms with Gasteiger partial charge < -0.3 is 10.1 Å². The van der Waals surface area contributed by atoms with Gasteiger partial charge in [-0.15, -0.1) is 11.3 Å². The number of hydrogen-bond donors (Lipinski definition) is 1. The van der Waals surface area contributed by atoms with E-state index >= 15 is 0 Å². The molecule has 1 fully saturated rings. The van der Waals surface area contributed by atoms with Gasteiger partial charge in [-0.05, 0) is 19.4 Å². The maximum atomic E-state index is 5.88. The third-order valence-electron chi connectivity index (χ3n) is 4.36. The molecule has 1 N–H and O–H groups in total. The Hall–Kier alpha value is -0.450. The molecule has 1 aromatic rings. The third kappa shape index (κ3) is 4.27. The van der Waals surface area contributed by atoms with Crippen molar-refractivity contribution >= 4 is 11.3 Å². The normalized spacial score (nSPS) is 24.4. The molecule has 2 rings (SSSR count). The van der Waals surface area contributed by atoms with Crippen LogP contribution in [0.4, 0.5) is 0 Å². The highest BCUT2D eigenvalue weighted by molar-refractivity contribution is 7.09. The fourth-order valence-corrected chi connectivity index (χ4v) is 4.20. The molecule has 1 aliphatic rings. The highest BCUT2D eigenvalue weighted by atomic mass is 32.1. The summed E-state index contributed by atoms with van der Waals surface area (Å²) < 4.78 is 5.88. The second kappa shape index (κ2) is 7.21. The number of rotatable bonds is 6. The lowest BCUT2D eigenvalue weighted by Gasteiger charge is -2.27. The molecule has 0 amide bonds. The van der Waals surface area contributed by atoms with Crippen molar-refractivity contribution in [1.82, 2.24) is 10.3 Å². The fourth-order valence-electron chi connectivity index (χ4n) is 3.12. The molecule has 1 aliphatic heterocycles.